The van der Waals surface area contributed by atoms with E-state index in [2.05, 4.69) is 5.32 Å². The Morgan fingerprint density at radius 3 is 2.21 bits per heavy atom. The lowest BCUT2D eigenvalue weighted by atomic mass is 10.2. The van der Waals surface area contributed by atoms with Crippen molar-refractivity contribution in [2.45, 2.75) is 56.6 Å². The minimum atomic E-state index is -4.07. The molecule has 0 aromatic heterocycles. The maximum absolute atomic E-state index is 13.8. The zero-order chi connectivity index (χ0) is 37.7. The summed E-state index contributed by atoms with van der Waals surface area (Å²) in [5.41, 5.74) is 0.698. The van der Waals surface area contributed by atoms with Gasteiger partial charge in [-0.1, -0.05) is 25.5 Å². The zero-order valence-electron chi connectivity index (χ0n) is 28.8. The standard InChI is InChI=1S/C20H20FNO4.C18H18N2O5S/c1-3-4-11-24-20(23)14(2)25-16-6-8-17(9-7-16)26-19-10-5-15(13-22)12-18(19)21;1-25-16-5-3-2-4-15(16)18(22)20-26(23,24)14-10-6-12(7-11-14)17(21)19-13-8-9-13/h5-10,12,14H,3-4,11H2,1-2H3;2-7,10-11,13H,8-9H2,1H3,(H,19,21)(H,20,22)/t14-;/m1./s1. The van der Waals surface area contributed by atoms with Crippen molar-refractivity contribution in [2.75, 3.05) is 13.7 Å². The highest BCUT2D eigenvalue weighted by atomic mass is 32.2. The monoisotopic (exact) mass is 731 g/mol. The second kappa shape index (κ2) is 18.3. The number of ether oxygens (including phenoxy) is 4. The van der Waals surface area contributed by atoms with E-state index in [-0.39, 0.29) is 39.5 Å². The first-order valence-electron chi connectivity index (χ1n) is 16.4. The number of sulfonamides is 1. The number of hydrogen-bond donors (Lipinski definition) is 2. The predicted octanol–water partition coefficient (Wildman–Crippen LogP) is 6.31. The van der Waals surface area contributed by atoms with Crippen molar-refractivity contribution in [1.82, 2.24) is 10.0 Å². The van der Waals surface area contributed by atoms with Crippen LogP contribution in [0.15, 0.2) is 95.9 Å². The number of carbonyl (C=O) groups excluding carboxylic acids is 3. The molecule has 2 N–H and O–H groups in total. The second-order valence-corrected chi connectivity index (χ2v) is 13.2. The number of halogens is 1. The zero-order valence-corrected chi connectivity index (χ0v) is 29.6. The average molecular weight is 732 g/mol. The molecule has 1 saturated carbocycles. The molecule has 272 valence electrons. The van der Waals surface area contributed by atoms with Crippen LogP contribution in [0.3, 0.4) is 0 Å². The van der Waals surface area contributed by atoms with Crippen molar-refractivity contribution in [3.8, 4) is 29.1 Å². The summed E-state index contributed by atoms with van der Waals surface area (Å²) in [5.74, 6) is -0.909. The van der Waals surface area contributed by atoms with Gasteiger partial charge in [0, 0.05) is 11.6 Å². The summed E-state index contributed by atoms with van der Waals surface area (Å²) in [7, 11) is -2.68. The number of unbranched alkanes of at least 4 members (excludes halogenated alkanes) is 1. The van der Waals surface area contributed by atoms with Gasteiger partial charge in [0.05, 0.1) is 35.8 Å². The lowest BCUT2D eigenvalue weighted by Gasteiger charge is -2.14. The Kier molecular flexibility index (Phi) is 13.7. The molecule has 0 heterocycles. The van der Waals surface area contributed by atoms with Crippen molar-refractivity contribution in [1.29, 1.82) is 5.26 Å². The normalized spacial score (nSPS) is 12.5. The smallest absolute Gasteiger partial charge is 0.347 e. The molecule has 0 bridgehead atoms. The van der Waals surface area contributed by atoms with Crippen LogP contribution in [0.1, 0.15) is 65.8 Å². The molecule has 0 aliphatic heterocycles. The third kappa shape index (κ3) is 11.3. The van der Waals surface area contributed by atoms with Crippen LogP contribution in [0.4, 0.5) is 4.39 Å². The van der Waals surface area contributed by atoms with Crippen molar-refractivity contribution >= 4 is 27.8 Å². The average Bonchev–Trinajstić information content (AvgIpc) is 3.97. The molecule has 2 amide bonds. The number of rotatable bonds is 14. The second-order valence-electron chi connectivity index (χ2n) is 11.5. The minimum absolute atomic E-state index is 0.0190. The third-order valence-electron chi connectivity index (χ3n) is 7.42. The number of esters is 1. The van der Waals surface area contributed by atoms with Gasteiger partial charge in [-0.15, -0.1) is 0 Å². The largest absolute Gasteiger partial charge is 0.496 e. The summed E-state index contributed by atoms with van der Waals surface area (Å²) in [6, 6.07) is 24.2. The Morgan fingerprint density at radius 2 is 1.60 bits per heavy atom. The molecule has 0 radical (unpaired) electrons. The fraction of sp³-hybridized carbons (Fsp3) is 0.263. The van der Waals surface area contributed by atoms with Crippen LogP contribution in [-0.4, -0.2) is 52.1 Å². The SMILES string of the molecule is CCCCOC(=O)[C@@H](C)Oc1ccc(Oc2ccc(C#N)cc2F)cc1.COc1ccccc1C(=O)NS(=O)(=O)c1ccc(C(=O)NC2CC2)cc1. The molecule has 0 unspecified atom stereocenters. The Hall–Kier alpha value is -5.94. The van der Waals surface area contributed by atoms with Crippen LogP contribution >= 0.6 is 0 Å². The molecule has 1 atom stereocenters. The van der Waals surface area contributed by atoms with E-state index in [0.29, 0.717) is 23.7 Å². The Morgan fingerprint density at radius 1 is 0.923 bits per heavy atom. The van der Waals surface area contributed by atoms with Crippen LogP contribution in [0.2, 0.25) is 0 Å². The molecule has 1 aliphatic carbocycles. The highest BCUT2D eigenvalue weighted by Gasteiger charge is 2.25. The van der Waals surface area contributed by atoms with Crippen molar-refractivity contribution < 1.29 is 46.1 Å². The van der Waals surface area contributed by atoms with Gasteiger partial charge in [-0.05, 0) is 105 Å². The lowest BCUT2D eigenvalue weighted by molar-refractivity contribution is -0.151. The molecule has 14 heteroatoms. The highest BCUT2D eigenvalue weighted by Crippen LogP contribution is 2.27. The summed E-state index contributed by atoms with van der Waals surface area (Å²) in [5, 5.41) is 11.6. The van der Waals surface area contributed by atoms with E-state index in [0.717, 1.165) is 31.7 Å². The van der Waals surface area contributed by atoms with Gasteiger partial charge in [0.1, 0.15) is 17.2 Å². The van der Waals surface area contributed by atoms with E-state index in [1.165, 1.54) is 49.6 Å². The number of para-hydroxylation sites is 1. The number of hydrogen-bond acceptors (Lipinski definition) is 10. The van der Waals surface area contributed by atoms with E-state index in [9.17, 15) is 27.2 Å². The first kappa shape index (κ1) is 38.9. The molecular formula is C38H38FN3O9S. The fourth-order valence-electron chi connectivity index (χ4n) is 4.40. The number of benzene rings is 4. The summed E-state index contributed by atoms with van der Waals surface area (Å²) in [6.45, 7) is 4.01. The van der Waals surface area contributed by atoms with Crippen LogP contribution < -0.4 is 24.2 Å². The Labute approximate surface area is 301 Å². The molecule has 5 rings (SSSR count). The van der Waals surface area contributed by atoms with E-state index < -0.39 is 33.8 Å². The van der Waals surface area contributed by atoms with E-state index in [1.807, 2.05) is 17.7 Å². The van der Waals surface area contributed by atoms with Gasteiger partial charge >= 0.3 is 5.97 Å². The molecule has 0 saturated heterocycles. The number of nitrogens with one attached hydrogen (secondary N) is 2. The topological polar surface area (TPSA) is 170 Å². The lowest BCUT2D eigenvalue weighted by Crippen LogP contribution is -2.31. The van der Waals surface area contributed by atoms with E-state index >= 15 is 0 Å². The number of nitriles is 1. The molecule has 12 nitrogen and oxygen atoms in total. The first-order valence-corrected chi connectivity index (χ1v) is 17.8. The van der Waals surface area contributed by atoms with Crippen LogP contribution in [0.25, 0.3) is 0 Å². The maximum atomic E-state index is 13.8. The molecule has 4 aromatic rings. The van der Waals surface area contributed by atoms with Gasteiger partial charge < -0.3 is 24.3 Å². The third-order valence-corrected chi connectivity index (χ3v) is 8.76. The van der Waals surface area contributed by atoms with Gasteiger partial charge in [-0.25, -0.2) is 22.3 Å². The van der Waals surface area contributed by atoms with Crippen LogP contribution in [-0.2, 0) is 19.6 Å². The fourth-order valence-corrected chi connectivity index (χ4v) is 5.37. The van der Waals surface area contributed by atoms with Crippen LogP contribution in [0.5, 0.6) is 23.0 Å². The number of methoxy groups -OCH3 is 1. The van der Waals surface area contributed by atoms with E-state index in [4.69, 9.17) is 24.2 Å². The van der Waals surface area contributed by atoms with Crippen LogP contribution in [0, 0.1) is 17.1 Å². The van der Waals surface area contributed by atoms with Crippen molar-refractivity contribution in [2.24, 2.45) is 0 Å². The molecule has 52 heavy (non-hydrogen) atoms. The number of nitrogens with zero attached hydrogens (tertiary/aromatic N) is 1. The summed E-state index contributed by atoms with van der Waals surface area (Å²) in [4.78, 5) is 35.9. The summed E-state index contributed by atoms with van der Waals surface area (Å²) < 4.78 is 61.8. The summed E-state index contributed by atoms with van der Waals surface area (Å²) >= 11 is 0. The Bertz CT molecular complexity index is 2010. The quantitative estimate of drug-likeness (QED) is 0.111. The van der Waals surface area contributed by atoms with Gasteiger partial charge in [0.15, 0.2) is 17.7 Å². The molecule has 0 spiro atoms. The predicted molar refractivity (Wildman–Crippen MR) is 188 cm³/mol. The van der Waals surface area contributed by atoms with E-state index in [1.54, 1.807) is 49.4 Å². The summed E-state index contributed by atoms with van der Waals surface area (Å²) in [6.07, 6.45) is 2.97. The molecule has 4 aromatic carbocycles. The minimum Gasteiger partial charge on any atom is -0.496 e. The van der Waals surface area contributed by atoms with Gasteiger partial charge in [-0.2, -0.15) is 5.26 Å². The van der Waals surface area contributed by atoms with Crippen molar-refractivity contribution in [3.63, 3.8) is 0 Å². The van der Waals surface area contributed by atoms with Gasteiger partial charge in [0.2, 0.25) is 0 Å². The Balaban J connectivity index is 0.000000233. The highest BCUT2D eigenvalue weighted by molar-refractivity contribution is 7.90. The van der Waals surface area contributed by atoms with Gasteiger partial charge in [-0.3, -0.25) is 9.59 Å². The molecular weight excluding hydrogens is 693 g/mol. The first-order chi connectivity index (χ1) is 24.9. The maximum Gasteiger partial charge on any atom is 0.347 e. The molecule has 1 aliphatic rings. The molecule has 1 fully saturated rings. The van der Waals surface area contributed by atoms with Gasteiger partial charge in [0.25, 0.3) is 21.8 Å². The number of amides is 2. The van der Waals surface area contributed by atoms with Crippen molar-refractivity contribution in [3.05, 3.63) is 114 Å². The number of carbonyl (C=O) groups is 3.